The molecule has 0 aromatic carbocycles. The van der Waals surface area contributed by atoms with E-state index in [2.05, 4.69) is 15.5 Å². The van der Waals surface area contributed by atoms with Crippen LogP contribution in [0.5, 0.6) is 0 Å². The van der Waals surface area contributed by atoms with Crippen LogP contribution in [0.1, 0.15) is 16.8 Å². The molecule has 0 aliphatic heterocycles. The molecular formula is C8H14N4. The Morgan fingerprint density at radius 2 is 2.00 bits per heavy atom. The summed E-state index contributed by atoms with van der Waals surface area (Å²) in [6.45, 7) is 4.44. The summed E-state index contributed by atoms with van der Waals surface area (Å²) in [5.41, 5.74) is 8.70. The van der Waals surface area contributed by atoms with Crippen LogP contribution >= 0.6 is 0 Å². The molecule has 0 radical (unpaired) electrons. The maximum absolute atomic E-state index is 5.59. The van der Waals surface area contributed by atoms with Gasteiger partial charge in [-0.15, -0.1) is 5.10 Å². The Morgan fingerprint density at radius 3 is 2.50 bits per heavy atom. The van der Waals surface area contributed by atoms with E-state index in [1.165, 1.54) is 0 Å². The third kappa shape index (κ3) is 1.38. The van der Waals surface area contributed by atoms with Crippen LogP contribution in [0.15, 0.2) is 0 Å². The zero-order valence-electron chi connectivity index (χ0n) is 7.68. The molecule has 4 heteroatoms. The summed E-state index contributed by atoms with van der Waals surface area (Å²) in [5, 5.41) is 10.9. The SMILES string of the molecule is CNc1nnc(C)c(C)c1CN. The van der Waals surface area contributed by atoms with Gasteiger partial charge in [0.15, 0.2) is 5.82 Å². The molecule has 1 rings (SSSR count). The van der Waals surface area contributed by atoms with Gasteiger partial charge in [0.05, 0.1) is 5.69 Å². The first-order valence-corrected chi connectivity index (χ1v) is 3.91. The lowest BCUT2D eigenvalue weighted by atomic mass is 10.1. The second-order valence-corrected chi connectivity index (χ2v) is 2.69. The average Bonchev–Trinajstić information content (AvgIpc) is 2.09. The Kier molecular flexibility index (Phi) is 2.60. The molecule has 1 aromatic rings. The van der Waals surface area contributed by atoms with Crippen LogP contribution in [0, 0.1) is 13.8 Å². The van der Waals surface area contributed by atoms with Gasteiger partial charge in [-0.25, -0.2) is 0 Å². The van der Waals surface area contributed by atoms with E-state index in [9.17, 15) is 0 Å². The van der Waals surface area contributed by atoms with Crippen molar-refractivity contribution in [2.45, 2.75) is 20.4 Å². The second-order valence-electron chi connectivity index (χ2n) is 2.69. The zero-order chi connectivity index (χ0) is 9.14. The molecule has 3 N–H and O–H groups in total. The topological polar surface area (TPSA) is 63.8 Å². The number of hydrogen-bond acceptors (Lipinski definition) is 4. The van der Waals surface area contributed by atoms with Crippen LogP contribution in [0.25, 0.3) is 0 Å². The van der Waals surface area contributed by atoms with Crippen LogP contribution in [-0.2, 0) is 6.54 Å². The quantitative estimate of drug-likeness (QED) is 0.675. The van der Waals surface area contributed by atoms with Crippen molar-refractivity contribution in [3.63, 3.8) is 0 Å². The molecule has 0 aliphatic carbocycles. The number of hydrogen-bond donors (Lipinski definition) is 2. The van der Waals surface area contributed by atoms with Crippen LogP contribution < -0.4 is 11.1 Å². The number of aryl methyl sites for hydroxylation is 1. The number of anilines is 1. The molecule has 0 atom stereocenters. The fourth-order valence-electron chi connectivity index (χ4n) is 1.11. The minimum Gasteiger partial charge on any atom is -0.371 e. The van der Waals surface area contributed by atoms with Gasteiger partial charge >= 0.3 is 0 Å². The molecule has 12 heavy (non-hydrogen) atoms. The van der Waals surface area contributed by atoms with Crippen LogP contribution in [0.4, 0.5) is 5.82 Å². The third-order valence-corrected chi connectivity index (χ3v) is 2.02. The summed E-state index contributed by atoms with van der Waals surface area (Å²) in [6, 6.07) is 0. The molecule has 0 spiro atoms. The summed E-state index contributed by atoms with van der Waals surface area (Å²) < 4.78 is 0. The fourth-order valence-corrected chi connectivity index (χ4v) is 1.11. The van der Waals surface area contributed by atoms with Crippen molar-refractivity contribution in [2.24, 2.45) is 5.73 Å². The summed E-state index contributed by atoms with van der Waals surface area (Å²) in [4.78, 5) is 0. The van der Waals surface area contributed by atoms with E-state index in [1.807, 2.05) is 20.9 Å². The fraction of sp³-hybridized carbons (Fsp3) is 0.500. The first-order valence-electron chi connectivity index (χ1n) is 3.91. The molecule has 0 saturated carbocycles. The predicted molar refractivity (Wildman–Crippen MR) is 48.9 cm³/mol. The summed E-state index contributed by atoms with van der Waals surface area (Å²) in [5.74, 6) is 0.778. The molecule has 66 valence electrons. The van der Waals surface area contributed by atoms with Gasteiger partial charge in [-0.05, 0) is 19.4 Å². The molecule has 0 amide bonds. The maximum Gasteiger partial charge on any atom is 0.153 e. The highest BCUT2D eigenvalue weighted by Crippen LogP contribution is 2.16. The molecule has 1 heterocycles. The Labute approximate surface area is 72.2 Å². The van der Waals surface area contributed by atoms with Gasteiger partial charge in [-0.2, -0.15) is 5.10 Å². The second kappa shape index (κ2) is 3.49. The minimum atomic E-state index is 0.498. The first kappa shape index (κ1) is 8.93. The standard InChI is InChI=1S/C8H14N4/c1-5-6(2)11-12-8(10-3)7(5)4-9/h4,9H2,1-3H3,(H,10,12). The van der Waals surface area contributed by atoms with Crippen molar-refractivity contribution in [1.29, 1.82) is 0 Å². The molecule has 0 saturated heterocycles. The van der Waals surface area contributed by atoms with Gasteiger partial charge in [-0.1, -0.05) is 0 Å². The smallest absolute Gasteiger partial charge is 0.153 e. The van der Waals surface area contributed by atoms with Crippen molar-refractivity contribution in [1.82, 2.24) is 10.2 Å². The molecule has 0 bridgehead atoms. The van der Waals surface area contributed by atoms with E-state index in [-0.39, 0.29) is 0 Å². The van der Waals surface area contributed by atoms with Crippen molar-refractivity contribution >= 4 is 5.82 Å². The van der Waals surface area contributed by atoms with Crippen LogP contribution in [0.2, 0.25) is 0 Å². The highest BCUT2D eigenvalue weighted by molar-refractivity contribution is 5.47. The lowest BCUT2D eigenvalue weighted by molar-refractivity contribution is 0.913. The van der Waals surface area contributed by atoms with E-state index < -0.39 is 0 Å². The summed E-state index contributed by atoms with van der Waals surface area (Å²) in [7, 11) is 1.82. The number of aromatic nitrogens is 2. The average molecular weight is 166 g/mol. The van der Waals surface area contributed by atoms with Gasteiger partial charge < -0.3 is 11.1 Å². The van der Waals surface area contributed by atoms with Gasteiger partial charge in [0.25, 0.3) is 0 Å². The molecular weight excluding hydrogens is 152 g/mol. The number of nitrogens with two attached hydrogens (primary N) is 1. The third-order valence-electron chi connectivity index (χ3n) is 2.02. The van der Waals surface area contributed by atoms with E-state index in [4.69, 9.17) is 5.73 Å². The van der Waals surface area contributed by atoms with Crippen molar-refractivity contribution in [2.75, 3.05) is 12.4 Å². The Balaban J connectivity index is 3.25. The van der Waals surface area contributed by atoms with E-state index in [0.717, 1.165) is 22.6 Å². The monoisotopic (exact) mass is 166 g/mol. The van der Waals surface area contributed by atoms with Gasteiger partial charge in [0.1, 0.15) is 0 Å². The minimum absolute atomic E-state index is 0.498. The summed E-state index contributed by atoms with van der Waals surface area (Å²) in [6.07, 6.45) is 0. The van der Waals surface area contributed by atoms with Crippen LogP contribution in [-0.4, -0.2) is 17.2 Å². The zero-order valence-corrected chi connectivity index (χ0v) is 7.68. The van der Waals surface area contributed by atoms with E-state index >= 15 is 0 Å². The van der Waals surface area contributed by atoms with Gasteiger partial charge in [0, 0.05) is 19.2 Å². The molecule has 1 aromatic heterocycles. The highest BCUT2D eigenvalue weighted by Gasteiger charge is 2.07. The van der Waals surface area contributed by atoms with E-state index in [0.29, 0.717) is 6.54 Å². The van der Waals surface area contributed by atoms with Crippen LogP contribution in [0.3, 0.4) is 0 Å². The largest absolute Gasteiger partial charge is 0.371 e. The Hall–Kier alpha value is -1.16. The van der Waals surface area contributed by atoms with E-state index in [1.54, 1.807) is 0 Å². The first-order chi connectivity index (χ1) is 5.70. The maximum atomic E-state index is 5.59. The number of nitrogens with one attached hydrogen (secondary N) is 1. The molecule has 4 nitrogen and oxygen atoms in total. The van der Waals surface area contributed by atoms with Gasteiger partial charge in [-0.3, -0.25) is 0 Å². The summed E-state index contributed by atoms with van der Waals surface area (Å²) >= 11 is 0. The molecule has 0 aliphatic rings. The number of rotatable bonds is 2. The molecule has 0 fully saturated rings. The van der Waals surface area contributed by atoms with Crippen molar-refractivity contribution in [3.05, 3.63) is 16.8 Å². The Bertz CT molecular complexity index is 283. The van der Waals surface area contributed by atoms with Crippen molar-refractivity contribution < 1.29 is 0 Å². The van der Waals surface area contributed by atoms with Gasteiger partial charge in [0.2, 0.25) is 0 Å². The Morgan fingerprint density at radius 1 is 1.33 bits per heavy atom. The molecule has 0 unspecified atom stereocenters. The lowest BCUT2D eigenvalue weighted by Gasteiger charge is -2.09. The van der Waals surface area contributed by atoms with Crippen molar-refractivity contribution in [3.8, 4) is 0 Å². The predicted octanol–water partition coefficient (Wildman–Crippen LogP) is 0.594. The normalized spacial score (nSPS) is 10.0. The highest BCUT2D eigenvalue weighted by atomic mass is 15.2. The number of nitrogens with zero attached hydrogens (tertiary/aromatic N) is 2. The lowest BCUT2D eigenvalue weighted by Crippen LogP contribution is -2.09.